The van der Waals surface area contributed by atoms with Gasteiger partial charge in [-0.1, -0.05) is 40.0 Å². The second-order valence-corrected chi connectivity index (χ2v) is 12.0. The number of fused-ring (bicyclic) bond motifs is 1. The van der Waals surface area contributed by atoms with Gasteiger partial charge in [-0.05, 0) is 38.2 Å². The molecule has 1 aliphatic carbocycles. The summed E-state index contributed by atoms with van der Waals surface area (Å²) in [5.41, 5.74) is 2.78. The molecule has 0 spiro atoms. The summed E-state index contributed by atoms with van der Waals surface area (Å²) in [4.78, 5) is 45.3. The Kier molecular flexibility index (Phi) is 7.17. The lowest BCUT2D eigenvalue weighted by atomic mass is 9.82. The number of hydrogen-bond acceptors (Lipinski definition) is 5. The van der Waals surface area contributed by atoms with Gasteiger partial charge in [0.05, 0.1) is 12.0 Å². The Labute approximate surface area is 213 Å². The maximum Gasteiger partial charge on any atom is 0.303 e. The maximum atomic E-state index is 13.6. The van der Waals surface area contributed by atoms with E-state index in [4.69, 9.17) is 14.5 Å². The van der Waals surface area contributed by atoms with E-state index in [0.29, 0.717) is 31.1 Å². The summed E-state index contributed by atoms with van der Waals surface area (Å²) >= 11 is 0. The highest BCUT2D eigenvalue weighted by molar-refractivity contribution is 5.96. The number of carbonyl (C=O) groups excluding carboxylic acids is 2. The molecular weight excluding hydrogens is 458 g/mol. The van der Waals surface area contributed by atoms with Crippen molar-refractivity contribution in [2.24, 2.45) is 0 Å². The van der Waals surface area contributed by atoms with Crippen molar-refractivity contribution in [3.8, 4) is 0 Å². The second kappa shape index (κ2) is 9.87. The molecule has 0 aromatic carbocycles. The fourth-order valence-corrected chi connectivity index (χ4v) is 5.56. The van der Waals surface area contributed by atoms with Crippen molar-refractivity contribution in [3.05, 3.63) is 29.2 Å². The molecule has 1 N–H and O–H groups in total. The molecule has 2 aromatic heterocycles. The Bertz CT molecular complexity index is 1150. The summed E-state index contributed by atoms with van der Waals surface area (Å²) in [6.45, 7) is 11.4. The molecule has 0 bridgehead atoms. The predicted molar refractivity (Wildman–Crippen MR) is 137 cm³/mol. The van der Waals surface area contributed by atoms with Gasteiger partial charge < -0.3 is 19.3 Å². The standard InChI is InChI=1S/C28H39N3O5/c1-27(2,3)19-15-20(18-9-7-6-8-10-18)29-21-16-22(36-25(19)21)26(35)31-14-13-30(17-28(31,4)5)23(32)11-12-24(33)34/h15-16,18H,6-14,17H2,1-5H3,(H,33,34). The third kappa shape index (κ3) is 5.42. The molecule has 1 saturated heterocycles. The number of carboxylic acid groups (broad SMARTS) is 1. The van der Waals surface area contributed by atoms with Crippen LogP contribution < -0.4 is 0 Å². The highest BCUT2D eigenvalue weighted by atomic mass is 16.4. The van der Waals surface area contributed by atoms with Crippen molar-refractivity contribution in [3.63, 3.8) is 0 Å². The maximum absolute atomic E-state index is 13.6. The van der Waals surface area contributed by atoms with E-state index in [9.17, 15) is 14.4 Å². The molecule has 2 aliphatic rings. The lowest BCUT2D eigenvalue weighted by Gasteiger charge is -2.46. The van der Waals surface area contributed by atoms with Crippen molar-refractivity contribution in [1.82, 2.24) is 14.8 Å². The summed E-state index contributed by atoms with van der Waals surface area (Å²) in [7, 11) is 0. The predicted octanol–water partition coefficient (Wildman–Crippen LogP) is 5.10. The van der Waals surface area contributed by atoms with Crippen LogP contribution in [-0.2, 0) is 15.0 Å². The number of carboxylic acids is 1. The van der Waals surface area contributed by atoms with E-state index < -0.39 is 11.5 Å². The fraction of sp³-hybridized carbons (Fsp3) is 0.643. The average Bonchev–Trinajstić information content (AvgIpc) is 3.25. The van der Waals surface area contributed by atoms with Gasteiger partial charge in [0.25, 0.3) is 5.91 Å². The molecule has 2 aromatic rings. The van der Waals surface area contributed by atoms with Crippen LogP contribution in [0.1, 0.15) is 107 Å². The van der Waals surface area contributed by atoms with Crippen LogP contribution in [0.3, 0.4) is 0 Å². The van der Waals surface area contributed by atoms with E-state index in [-0.39, 0.29) is 35.8 Å². The van der Waals surface area contributed by atoms with Gasteiger partial charge in [0, 0.05) is 49.3 Å². The van der Waals surface area contributed by atoms with E-state index >= 15 is 0 Å². The van der Waals surface area contributed by atoms with Crippen LogP contribution >= 0.6 is 0 Å². The van der Waals surface area contributed by atoms with Crippen molar-refractivity contribution in [2.75, 3.05) is 19.6 Å². The molecule has 0 unspecified atom stereocenters. The van der Waals surface area contributed by atoms with E-state index in [1.165, 1.54) is 19.3 Å². The molecule has 8 heteroatoms. The monoisotopic (exact) mass is 497 g/mol. The third-order valence-electron chi connectivity index (χ3n) is 7.59. The number of nitrogens with zero attached hydrogens (tertiary/aromatic N) is 3. The van der Waals surface area contributed by atoms with Crippen LogP contribution in [0, 0.1) is 0 Å². The molecule has 2 fully saturated rings. The Balaban J connectivity index is 1.60. The van der Waals surface area contributed by atoms with Crippen LogP contribution in [0.15, 0.2) is 16.5 Å². The van der Waals surface area contributed by atoms with Crippen LogP contribution in [0.4, 0.5) is 0 Å². The van der Waals surface area contributed by atoms with Crippen molar-refractivity contribution >= 4 is 28.9 Å². The molecule has 8 nitrogen and oxygen atoms in total. The van der Waals surface area contributed by atoms with Gasteiger partial charge in [0.1, 0.15) is 5.52 Å². The Morgan fingerprint density at radius 1 is 1.08 bits per heavy atom. The lowest BCUT2D eigenvalue weighted by molar-refractivity contribution is -0.142. The molecule has 0 radical (unpaired) electrons. The first-order chi connectivity index (χ1) is 16.9. The average molecular weight is 498 g/mol. The highest BCUT2D eigenvalue weighted by Gasteiger charge is 2.40. The number of pyridine rings is 1. The van der Waals surface area contributed by atoms with Gasteiger partial charge in [0.15, 0.2) is 11.3 Å². The van der Waals surface area contributed by atoms with Crippen molar-refractivity contribution in [1.29, 1.82) is 0 Å². The van der Waals surface area contributed by atoms with E-state index in [2.05, 4.69) is 26.8 Å². The first kappa shape index (κ1) is 26.2. The van der Waals surface area contributed by atoms with Crippen LogP contribution in [0.2, 0.25) is 0 Å². The molecule has 196 valence electrons. The zero-order chi connectivity index (χ0) is 26.3. The Morgan fingerprint density at radius 3 is 2.39 bits per heavy atom. The number of piperazine rings is 1. The second-order valence-electron chi connectivity index (χ2n) is 12.0. The van der Waals surface area contributed by atoms with Gasteiger partial charge in [-0.25, -0.2) is 4.98 Å². The SMILES string of the molecule is CC(C)(C)c1cc(C2CCCCC2)nc2cc(C(=O)N3CCN(C(=O)CCC(=O)O)CC3(C)C)oc12. The first-order valence-corrected chi connectivity index (χ1v) is 13.1. The van der Waals surface area contributed by atoms with Crippen LogP contribution in [-0.4, -0.2) is 62.8 Å². The zero-order valence-corrected chi connectivity index (χ0v) is 22.2. The van der Waals surface area contributed by atoms with Gasteiger partial charge in [-0.3, -0.25) is 14.4 Å². The normalized spacial score (nSPS) is 19.0. The number of carbonyl (C=O) groups is 3. The van der Waals surface area contributed by atoms with Crippen molar-refractivity contribution in [2.45, 2.75) is 96.4 Å². The first-order valence-electron chi connectivity index (χ1n) is 13.1. The van der Waals surface area contributed by atoms with Gasteiger partial charge in [0.2, 0.25) is 5.91 Å². The van der Waals surface area contributed by atoms with Gasteiger partial charge >= 0.3 is 5.97 Å². The molecule has 4 rings (SSSR count). The van der Waals surface area contributed by atoms with Crippen LogP contribution in [0.5, 0.6) is 0 Å². The summed E-state index contributed by atoms with van der Waals surface area (Å²) in [6.07, 6.45) is 5.81. The van der Waals surface area contributed by atoms with E-state index in [1.807, 2.05) is 13.8 Å². The zero-order valence-electron chi connectivity index (χ0n) is 22.2. The molecule has 0 atom stereocenters. The largest absolute Gasteiger partial charge is 0.481 e. The minimum absolute atomic E-state index is 0.0342. The van der Waals surface area contributed by atoms with E-state index in [1.54, 1.807) is 15.9 Å². The Morgan fingerprint density at radius 2 is 1.78 bits per heavy atom. The quantitative estimate of drug-likeness (QED) is 0.616. The molecule has 1 saturated carbocycles. The van der Waals surface area contributed by atoms with Crippen molar-refractivity contribution < 1.29 is 23.9 Å². The topological polar surface area (TPSA) is 104 Å². The summed E-state index contributed by atoms with van der Waals surface area (Å²) in [6, 6.07) is 3.96. The fourth-order valence-electron chi connectivity index (χ4n) is 5.56. The molecule has 36 heavy (non-hydrogen) atoms. The summed E-state index contributed by atoms with van der Waals surface area (Å²) in [5.74, 6) is -0.687. The highest BCUT2D eigenvalue weighted by Crippen LogP contribution is 2.38. The third-order valence-corrected chi connectivity index (χ3v) is 7.59. The van der Waals surface area contributed by atoms with E-state index in [0.717, 1.165) is 29.6 Å². The number of amides is 2. The minimum atomic E-state index is -0.990. The number of aliphatic carboxylic acids is 1. The smallest absolute Gasteiger partial charge is 0.303 e. The Hall–Kier alpha value is -2.90. The number of rotatable bonds is 5. The minimum Gasteiger partial charge on any atom is -0.481 e. The molecule has 2 amide bonds. The molecular formula is C28H39N3O5. The number of furan rings is 1. The number of aromatic nitrogens is 1. The number of hydrogen-bond donors (Lipinski definition) is 1. The lowest BCUT2D eigenvalue weighted by Crippen LogP contribution is -2.62. The summed E-state index contributed by atoms with van der Waals surface area (Å²) < 4.78 is 6.22. The molecule has 3 heterocycles. The van der Waals surface area contributed by atoms with Gasteiger partial charge in [-0.2, -0.15) is 0 Å². The van der Waals surface area contributed by atoms with Gasteiger partial charge in [-0.15, -0.1) is 0 Å². The van der Waals surface area contributed by atoms with Crippen LogP contribution in [0.25, 0.3) is 11.1 Å². The molecule has 1 aliphatic heterocycles. The summed E-state index contributed by atoms with van der Waals surface area (Å²) in [5, 5.41) is 8.89.